The van der Waals surface area contributed by atoms with Crippen molar-refractivity contribution in [2.45, 2.75) is 5.38 Å². The lowest BCUT2D eigenvalue weighted by Crippen LogP contribution is -1.93. The van der Waals surface area contributed by atoms with E-state index in [9.17, 15) is 0 Å². The number of thiophene rings is 2. The van der Waals surface area contributed by atoms with Crippen molar-refractivity contribution < 1.29 is 4.74 Å². The number of halogens is 2. The van der Waals surface area contributed by atoms with Gasteiger partial charge in [0.2, 0.25) is 0 Å². The lowest BCUT2D eigenvalue weighted by Gasteiger charge is -2.11. The van der Waals surface area contributed by atoms with Gasteiger partial charge in [0.25, 0.3) is 0 Å². The first kappa shape index (κ1) is 13.4. The van der Waals surface area contributed by atoms with Gasteiger partial charge in [0.05, 0.1) is 12.5 Å². The number of benzene rings is 1. The number of fused-ring (bicyclic) bond motifs is 1. The number of rotatable bonds is 3. The fourth-order valence-corrected chi connectivity index (χ4v) is 5.13. The first-order valence-electron chi connectivity index (χ1n) is 5.63. The molecule has 3 rings (SSSR count). The molecule has 0 fully saturated rings. The van der Waals surface area contributed by atoms with Crippen LogP contribution in [0.25, 0.3) is 9.40 Å². The maximum absolute atomic E-state index is 6.61. The Balaban J connectivity index is 1.99. The van der Waals surface area contributed by atoms with E-state index >= 15 is 0 Å². The van der Waals surface area contributed by atoms with Gasteiger partial charge in [-0.1, -0.05) is 22.0 Å². The Labute approximate surface area is 132 Å². The summed E-state index contributed by atoms with van der Waals surface area (Å²) >= 11 is 13.7. The lowest BCUT2D eigenvalue weighted by atomic mass is 10.1. The van der Waals surface area contributed by atoms with Crippen LogP contribution in [0, 0.1) is 0 Å². The minimum atomic E-state index is -0.134. The van der Waals surface area contributed by atoms with Gasteiger partial charge in [0, 0.05) is 18.7 Å². The van der Waals surface area contributed by atoms with Crippen molar-refractivity contribution in [2.75, 3.05) is 7.11 Å². The van der Waals surface area contributed by atoms with Gasteiger partial charge in [-0.2, -0.15) is 0 Å². The Hall–Kier alpha value is -0.550. The molecule has 19 heavy (non-hydrogen) atoms. The van der Waals surface area contributed by atoms with Gasteiger partial charge in [0.15, 0.2) is 0 Å². The Bertz CT molecular complexity index is 691. The molecule has 0 saturated carbocycles. The Kier molecular flexibility index (Phi) is 3.85. The van der Waals surface area contributed by atoms with Crippen LogP contribution in [0.5, 0.6) is 5.75 Å². The highest BCUT2D eigenvalue weighted by molar-refractivity contribution is 9.10. The van der Waals surface area contributed by atoms with E-state index in [-0.39, 0.29) is 5.38 Å². The normalized spacial score (nSPS) is 12.8. The SMILES string of the molecule is COc1ccc(C(Cl)c2cc3sccc3s2)c(Br)c1. The van der Waals surface area contributed by atoms with Gasteiger partial charge in [0.1, 0.15) is 5.75 Å². The van der Waals surface area contributed by atoms with E-state index in [2.05, 4.69) is 33.4 Å². The molecule has 0 bridgehead atoms. The minimum Gasteiger partial charge on any atom is -0.497 e. The van der Waals surface area contributed by atoms with Crippen molar-refractivity contribution in [3.63, 3.8) is 0 Å². The van der Waals surface area contributed by atoms with Gasteiger partial charge in [-0.3, -0.25) is 0 Å². The van der Waals surface area contributed by atoms with Crippen molar-refractivity contribution in [3.8, 4) is 5.75 Å². The number of methoxy groups -OCH3 is 1. The standard InChI is InChI=1S/C14H10BrClOS2/c1-17-8-2-3-9(10(15)6-8)14(16)13-7-12-11(19-13)4-5-18-12/h2-7,14H,1H3. The Morgan fingerprint density at radius 3 is 2.74 bits per heavy atom. The molecule has 0 amide bonds. The van der Waals surface area contributed by atoms with Crippen LogP contribution < -0.4 is 4.74 Å². The van der Waals surface area contributed by atoms with Gasteiger partial charge in [-0.25, -0.2) is 0 Å². The molecule has 1 atom stereocenters. The van der Waals surface area contributed by atoms with Crippen LogP contribution in [0.4, 0.5) is 0 Å². The zero-order valence-electron chi connectivity index (χ0n) is 10.0. The average Bonchev–Trinajstić information content (AvgIpc) is 2.98. The monoisotopic (exact) mass is 372 g/mol. The van der Waals surface area contributed by atoms with Crippen LogP contribution in [0.3, 0.4) is 0 Å². The summed E-state index contributed by atoms with van der Waals surface area (Å²) in [4.78, 5) is 1.18. The molecule has 1 nitrogen and oxygen atoms in total. The number of hydrogen-bond acceptors (Lipinski definition) is 3. The van der Waals surface area contributed by atoms with Crippen LogP contribution in [0.1, 0.15) is 15.8 Å². The molecule has 2 heterocycles. The molecule has 0 aliphatic rings. The fraction of sp³-hybridized carbons (Fsp3) is 0.143. The van der Waals surface area contributed by atoms with Crippen LogP contribution in [0.15, 0.2) is 40.2 Å². The van der Waals surface area contributed by atoms with E-state index in [4.69, 9.17) is 16.3 Å². The fourth-order valence-electron chi connectivity index (χ4n) is 1.90. The van der Waals surface area contributed by atoms with E-state index in [1.54, 1.807) is 29.8 Å². The second-order valence-electron chi connectivity index (χ2n) is 4.05. The second kappa shape index (κ2) is 5.44. The minimum absolute atomic E-state index is 0.134. The molecule has 0 N–H and O–H groups in total. The van der Waals surface area contributed by atoms with E-state index < -0.39 is 0 Å². The van der Waals surface area contributed by atoms with Crippen molar-refractivity contribution >= 4 is 59.6 Å². The third-order valence-corrected chi connectivity index (χ3v) is 6.33. The Morgan fingerprint density at radius 2 is 2.05 bits per heavy atom. The summed E-state index contributed by atoms with van der Waals surface area (Å²) in [7, 11) is 1.66. The smallest absolute Gasteiger partial charge is 0.120 e. The molecule has 1 unspecified atom stereocenters. The first-order valence-corrected chi connectivity index (χ1v) is 8.56. The molecule has 0 spiro atoms. The second-order valence-corrected chi connectivity index (χ2v) is 7.40. The van der Waals surface area contributed by atoms with Crippen LogP contribution in [-0.2, 0) is 0 Å². The van der Waals surface area contributed by atoms with E-state index in [0.717, 1.165) is 15.8 Å². The highest BCUT2D eigenvalue weighted by Crippen LogP contribution is 2.41. The predicted octanol–water partition coefficient (Wildman–Crippen LogP) is 6.06. The van der Waals surface area contributed by atoms with Crippen molar-refractivity contribution in [2.24, 2.45) is 0 Å². The molecule has 2 aromatic heterocycles. The highest BCUT2D eigenvalue weighted by atomic mass is 79.9. The summed E-state index contributed by atoms with van der Waals surface area (Å²) in [5, 5.41) is 1.97. The molecule has 3 aromatic rings. The van der Waals surface area contributed by atoms with Gasteiger partial charge >= 0.3 is 0 Å². The zero-order chi connectivity index (χ0) is 13.4. The topological polar surface area (TPSA) is 9.23 Å². The quantitative estimate of drug-likeness (QED) is 0.507. The summed E-state index contributed by atoms with van der Waals surface area (Å²) in [6.45, 7) is 0. The summed E-state index contributed by atoms with van der Waals surface area (Å²) in [6.07, 6.45) is 0. The maximum Gasteiger partial charge on any atom is 0.120 e. The molecule has 5 heteroatoms. The van der Waals surface area contributed by atoms with Crippen LogP contribution >= 0.6 is 50.2 Å². The molecule has 98 valence electrons. The molecule has 0 saturated heterocycles. The highest BCUT2D eigenvalue weighted by Gasteiger charge is 2.17. The van der Waals surface area contributed by atoms with Crippen LogP contribution in [-0.4, -0.2) is 7.11 Å². The molecule has 1 aromatic carbocycles. The number of hydrogen-bond donors (Lipinski definition) is 0. The lowest BCUT2D eigenvalue weighted by molar-refractivity contribution is 0.414. The van der Waals surface area contributed by atoms with Gasteiger partial charge < -0.3 is 4.74 Å². The van der Waals surface area contributed by atoms with E-state index in [0.29, 0.717) is 0 Å². The maximum atomic E-state index is 6.61. The number of ether oxygens (including phenoxy) is 1. The van der Waals surface area contributed by atoms with Crippen molar-refractivity contribution in [1.82, 2.24) is 0 Å². The average molecular weight is 374 g/mol. The summed E-state index contributed by atoms with van der Waals surface area (Å²) in [6, 6.07) is 10.2. The predicted molar refractivity (Wildman–Crippen MR) is 88.1 cm³/mol. The van der Waals surface area contributed by atoms with E-state index in [1.165, 1.54) is 14.3 Å². The van der Waals surface area contributed by atoms with Crippen LogP contribution in [0.2, 0.25) is 0 Å². The zero-order valence-corrected chi connectivity index (χ0v) is 14.0. The molecule has 0 aliphatic heterocycles. The summed E-state index contributed by atoms with van der Waals surface area (Å²) in [5.41, 5.74) is 1.07. The number of alkyl halides is 1. The summed E-state index contributed by atoms with van der Waals surface area (Å²) in [5.74, 6) is 0.826. The first-order chi connectivity index (χ1) is 9.19. The molecule has 0 radical (unpaired) electrons. The molecule has 0 aliphatic carbocycles. The van der Waals surface area contributed by atoms with E-state index in [1.807, 2.05) is 18.2 Å². The van der Waals surface area contributed by atoms with Gasteiger partial charge in [-0.05, 0) is 35.2 Å². The molecular weight excluding hydrogens is 364 g/mol. The largest absolute Gasteiger partial charge is 0.497 e. The third kappa shape index (κ3) is 2.55. The van der Waals surface area contributed by atoms with Crippen molar-refractivity contribution in [3.05, 3.63) is 50.6 Å². The van der Waals surface area contributed by atoms with Crippen molar-refractivity contribution in [1.29, 1.82) is 0 Å². The molecular formula is C14H10BrClOS2. The summed E-state index contributed by atoms with van der Waals surface area (Å²) < 4.78 is 8.78. The van der Waals surface area contributed by atoms with Gasteiger partial charge in [-0.15, -0.1) is 34.3 Å². The third-order valence-electron chi connectivity index (χ3n) is 2.89. The Morgan fingerprint density at radius 1 is 1.21 bits per heavy atom.